The summed E-state index contributed by atoms with van der Waals surface area (Å²) >= 11 is 0. The molecule has 1 fully saturated rings. The van der Waals surface area contributed by atoms with E-state index in [1.54, 1.807) is 0 Å². The van der Waals surface area contributed by atoms with Gasteiger partial charge >= 0.3 is 11.9 Å². The number of aliphatic hydroxyl groups is 4. The molecule has 6 atom stereocenters. The molecule has 0 aromatic rings. The van der Waals surface area contributed by atoms with Crippen molar-refractivity contribution < 1.29 is 49.0 Å². The fraction of sp³-hybridized carbons (Fsp3) is 0.756. The molecule has 0 amide bonds. The van der Waals surface area contributed by atoms with Gasteiger partial charge < -0.3 is 39.4 Å². The Kier molecular flexibility index (Phi) is 29.6. The van der Waals surface area contributed by atoms with E-state index in [4.69, 9.17) is 18.9 Å². The van der Waals surface area contributed by atoms with Crippen molar-refractivity contribution in [3.63, 3.8) is 0 Å². The molecule has 0 spiro atoms. The Bertz CT molecular complexity index is 975. The summed E-state index contributed by atoms with van der Waals surface area (Å²) in [5, 5.41) is 39.9. The highest BCUT2D eigenvalue weighted by molar-refractivity contribution is 5.70. The Balaban J connectivity index is 2.41. The van der Waals surface area contributed by atoms with Crippen LogP contribution in [0.25, 0.3) is 0 Å². The number of hydrogen-bond donors (Lipinski definition) is 4. The number of carbonyl (C=O) groups is 2. The first-order valence-corrected chi connectivity index (χ1v) is 19.8. The van der Waals surface area contributed by atoms with Crippen LogP contribution in [0.1, 0.15) is 142 Å². The molecule has 51 heavy (non-hydrogen) atoms. The van der Waals surface area contributed by atoms with E-state index in [1.165, 1.54) is 51.4 Å². The van der Waals surface area contributed by atoms with Crippen LogP contribution in [0.5, 0.6) is 0 Å². The van der Waals surface area contributed by atoms with Crippen molar-refractivity contribution in [1.29, 1.82) is 0 Å². The maximum atomic E-state index is 12.7. The summed E-state index contributed by atoms with van der Waals surface area (Å²) in [6.45, 7) is 3.23. The van der Waals surface area contributed by atoms with Crippen LogP contribution in [0.15, 0.2) is 48.6 Å². The van der Waals surface area contributed by atoms with Gasteiger partial charge in [-0.3, -0.25) is 9.59 Å². The van der Waals surface area contributed by atoms with Gasteiger partial charge in [0, 0.05) is 12.8 Å². The normalized spacial score (nSPS) is 21.7. The molecule has 0 aromatic carbocycles. The lowest BCUT2D eigenvalue weighted by atomic mass is 9.99. The molecule has 1 aliphatic heterocycles. The standard InChI is InChI=1S/C41H70O10/c1-3-5-7-9-11-13-15-16-17-18-20-22-24-26-28-30-37(44)50-34(33-49-41-40(47)39(46)38(45)35(31-42)51-41)32-48-36(43)29-27-25-23-21-19-14-12-10-8-6-4-2/h5,7,9,11,13,15-17,34-35,38-42,45-47H,3-4,6,8,10,12,14,18-33H2,1-2H3/b7-5+,11-9+,15-13+,17-16+/t34-,35-,38+,39?,40?,41-/m1/s1. The minimum atomic E-state index is -1.60. The van der Waals surface area contributed by atoms with E-state index in [1.807, 2.05) is 30.4 Å². The summed E-state index contributed by atoms with van der Waals surface area (Å²) in [6.07, 6.45) is 28.3. The summed E-state index contributed by atoms with van der Waals surface area (Å²) in [7, 11) is 0. The van der Waals surface area contributed by atoms with E-state index in [0.29, 0.717) is 6.42 Å². The van der Waals surface area contributed by atoms with Crippen LogP contribution in [0, 0.1) is 0 Å². The summed E-state index contributed by atoms with van der Waals surface area (Å²) in [4.78, 5) is 25.2. The third-order valence-corrected chi connectivity index (χ3v) is 8.82. The molecular formula is C41H70O10. The van der Waals surface area contributed by atoms with Crippen molar-refractivity contribution in [1.82, 2.24) is 0 Å². The summed E-state index contributed by atoms with van der Waals surface area (Å²) < 4.78 is 22.0. The predicted octanol–water partition coefficient (Wildman–Crippen LogP) is 7.32. The lowest BCUT2D eigenvalue weighted by Gasteiger charge is -2.39. The number of esters is 2. The molecule has 10 heteroatoms. The van der Waals surface area contributed by atoms with Crippen molar-refractivity contribution in [2.75, 3.05) is 19.8 Å². The minimum absolute atomic E-state index is 0.203. The van der Waals surface area contributed by atoms with Crippen molar-refractivity contribution in [3.8, 4) is 0 Å². The fourth-order valence-corrected chi connectivity index (χ4v) is 5.67. The number of unbranched alkanes of at least 4 members (excludes halogenated alkanes) is 15. The molecule has 1 rings (SSSR count). The van der Waals surface area contributed by atoms with Gasteiger partial charge in [0.1, 0.15) is 31.0 Å². The van der Waals surface area contributed by atoms with E-state index in [9.17, 15) is 30.0 Å². The monoisotopic (exact) mass is 722 g/mol. The van der Waals surface area contributed by atoms with Crippen LogP contribution in [-0.4, -0.2) is 89.0 Å². The number of ether oxygens (including phenoxy) is 4. The van der Waals surface area contributed by atoms with Crippen molar-refractivity contribution >= 4 is 11.9 Å². The Labute approximate surface area is 308 Å². The van der Waals surface area contributed by atoms with Gasteiger partial charge in [-0.1, -0.05) is 146 Å². The molecule has 1 aliphatic rings. The van der Waals surface area contributed by atoms with E-state index in [0.717, 1.165) is 57.8 Å². The van der Waals surface area contributed by atoms with E-state index < -0.39 is 49.4 Å². The second-order valence-corrected chi connectivity index (χ2v) is 13.5. The number of aliphatic hydroxyl groups excluding tert-OH is 4. The third kappa shape index (κ3) is 24.5. The topological polar surface area (TPSA) is 152 Å². The maximum Gasteiger partial charge on any atom is 0.306 e. The van der Waals surface area contributed by atoms with Crippen LogP contribution in [0.3, 0.4) is 0 Å². The van der Waals surface area contributed by atoms with Gasteiger partial charge in [0.25, 0.3) is 0 Å². The predicted molar refractivity (Wildman–Crippen MR) is 201 cm³/mol. The smallest absolute Gasteiger partial charge is 0.306 e. The lowest BCUT2D eigenvalue weighted by molar-refractivity contribution is -0.305. The van der Waals surface area contributed by atoms with Crippen LogP contribution in [-0.2, 0) is 28.5 Å². The van der Waals surface area contributed by atoms with Crippen molar-refractivity contribution in [3.05, 3.63) is 48.6 Å². The molecule has 1 heterocycles. The largest absolute Gasteiger partial charge is 0.462 e. The zero-order chi connectivity index (χ0) is 37.4. The average Bonchev–Trinajstić information content (AvgIpc) is 3.13. The quantitative estimate of drug-likeness (QED) is 0.0325. The highest BCUT2D eigenvalue weighted by Gasteiger charge is 2.44. The molecule has 1 saturated heterocycles. The molecule has 2 unspecified atom stereocenters. The highest BCUT2D eigenvalue weighted by Crippen LogP contribution is 2.22. The van der Waals surface area contributed by atoms with Gasteiger partial charge in [0.15, 0.2) is 12.4 Å². The Morgan fingerprint density at radius 1 is 0.627 bits per heavy atom. The molecule has 10 nitrogen and oxygen atoms in total. The van der Waals surface area contributed by atoms with Gasteiger partial charge in [0.05, 0.1) is 13.2 Å². The molecule has 0 bridgehead atoms. The van der Waals surface area contributed by atoms with E-state index in [2.05, 4.69) is 32.1 Å². The second kappa shape index (κ2) is 32.3. The lowest BCUT2D eigenvalue weighted by Crippen LogP contribution is -2.59. The van der Waals surface area contributed by atoms with Gasteiger partial charge in [0.2, 0.25) is 0 Å². The Hall–Kier alpha value is -2.34. The molecule has 294 valence electrons. The average molecular weight is 723 g/mol. The first-order valence-electron chi connectivity index (χ1n) is 19.8. The second-order valence-electron chi connectivity index (χ2n) is 13.5. The van der Waals surface area contributed by atoms with Crippen LogP contribution in [0.4, 0.5) is 0 Å². The summed E-state index contributed by atoms with van der Waals surface area (Å²) in [5.74, 6) is -0.838. The Morgan fingerprint density at radius 3 is 1.75 bits per heavy atom. The van der Waals surface area contributed by atoms with Gasteiger partial charge in [-0.25, -0.2) is 0 Å². The van der Waals surface area contributed by atoms with Gasteiger partial charge in [-0.2, -0.15) is 0 Å². The van der Waals surface area contributed by atoms with Gasteiger partial charge in [-0.05, 0) is 32.1 Å². The van der Waals surface area contributed by atoms with Gasteiger partial charge in [-0.15, -0.1) is 0 Å². The Morgan fingerprint density at radius 2 is 1.16 bits per heavy atom. The minimum Gasteiger partial charge on any atom is -0.462 e. The molecule has 0 saturated carbocycles. The fourth-order valence-electron chi connectivity index (χ4n) is 5.67. The first kappa shape index (κ1) is 46.7. The summed E-state index contributed by atoms with van der Waals surface area (Å²) in [6, 6.07) is 0. The number of rotatable bonds is 31. The zero-order valence-corrected chi connectivity index (χ0v) is 31.6. The number of carbonyl (C=O) groups excluding carboxylic acids is 2. The van der Waals surface area contributed by atoms with Crippen LogP contribution < -0.4 is 0 Å². The molecule has 0 radical (unpaired) electrons. The SMILES string of the molecule is CC/C=C/C=C/C=C/C=C/CCCCCCCC(=O)O[C@H](COC(=O)CCCCCCCCCCCCC)CO[C@@H]1O[C@H](CO)[C@H](O)C(O)C1O. The third-order valence-electron chi connectivity index (χ3n) is 8.82. The molecule has 0 aliphatic carbocycles. The number of allylic oxidation sites excluding steroid dienone is 8. The molecule has 4 N–H and O–H groups in total. The molecule has 0 aromatic heterocycles. The summed E-state index contributed by atoms with van der Waals surface area (Å²) in [5.41, 5.74) is 0. The highest BCUT2D eigenvalue weighted by atomic mass is 16.7. The number of hydrogen-bond acceptors (Lipinski definition) is 10. The molecular weight excluding hydrogens is 652 g/mol. The van der Waals surface area contributed by atoms with Crippen molar-refractivity contribution in [2.45, 2.75) is 179 Å². The van der Waals surface area contributed by atoms with E-state index >= 15 is 0 Å². The van der Waals surface area contributed by atoms with Crippen LogP contribution >= 0.6 is 0 Å². The van der Waals surface area contributed by atoms with E-state index in [-0.39, 0.29) is 32.0 Å². The zero-order valence-electron chi connectivity index (χ0n) is 31.6. The maximum absolute atomic E-state index is 12.7. The van der Waals surface area contributed by atoms with Crippen molar-refractivity contribution in [2.24, 2.45) is 0 Å². The van der Waals surface area contributed by atoms with Crippen LogP contribution in [0.2, 0.25) is 0 Å². The first-order chi connectivity index (χ1) is 24.8.